The zero-order valence-corrected chi connectivity index (χ0v) is 7.66. The molecule has 2 atom stereocenters. The lowest BCUT2D eigenvalue weighted by Gasteiger charge is -2.14. The quantitative estimate of drug-likeness (QED) is 0.665. The minimum Gasteiger partial charge on any atom is -0.490 e. The summed E-state index contributed by atoms with van der Waals surface area (Å²) in [5.41, 5.74) is 0. The van der Waals surface area contributed by atoms with Crippen LogP contribution in [0.3, 0.4) is 0 Å². The van der Waals surface area contributed by atoms with Crippen LogP contribution in [0.2, 0.25) is 0 Å². The SMILES string of the molecule is [2H][C@H](C)[C@@H](CC)Oc1ccccc1. The molecule has 0 aliphatic heterocycles. The van der Waals surface area contributed by atoms with Crippen LogP contribution in [0.5, 0.6) is 5.75 Å². The molecule has 0 aliphatic rings. The van der Waals surface area contributed by atoms with Crippen molar-refractivity contribution in [2.24, 2.45) is 0 Å². The smallest absolute Gasteiger partial charge is 0.119 e. The Morgan fingerprint density at radius 2 is 2.00 bits per heavy atom. The van der Waals surface area contributed by atoms with Crippen LogP contribution in [0.15, 0.2) is 30.3 Å². The average Bonchev–Trinajstić information content (AvgIpc) is 2.15. The van der Waals surface area contributed by atoms with E-state index >= 15 is 0 Å². The summed E-state index contributed by atoms with van der Waals surface area (Å²) in [6, 6.07) is 9.68. The van der Waals surface area contributed by atoms with Crippen LogP contribution in [0, 0.1) is 0 Å². The molecule has 66 valence electrons. The first kappa shape index (κ1) is 7.66. The molecule has 0 radical (unpaired) electrons. The molecule has 0 bridgehead atoms. The predicted molar refractivity (Wildman–Crippen MR) is 51.4 cm³/mol. The highest BCUT2D eigenvalue weighted by Gasteiger charge is 2.03. The fourth-order valence-corrected chi connectivity index (χ4v) is 1.06. The predicted octanol–water partition coefficient (Wildman–Crippen LogP) is 3.25. The maximum Gasteiger partial charge on any atom is 0.119 e. The molecule has 0 aliphatic carbocycles. The molecule has 1 aromatic carbocycles. The fourth-order valence-electron chi connectivity index (χ4n) is 1.06. The fraction of sp³-hybridized carbons (Fsp3) is 0.455. The third kappa shape index (κ3) is 2.57. The Balaban J connectivity index is 2.57. The minimum atomic E-state index is -0.176. The Labute approximate surface area is 75.8 Å². The highest BCUT2D eigenvalue weighted by atomic mass is 16.5. The average molecular weight is 165 g/mol. The van der Waals surface area contributed by atoms with E-state index in [9.17, 15) is 0 Å². The Morgan fingerprint density at radius 1 is 1.33 bits per heavy atom. The van der Waals surface area contributed by atoms with Gasteiger partial charge in [-0.1, -0.05) is 32.0 Å². The molecule has 1 aromatic rings. The Morgan fingerprint density at radius 3 is 2.50 bits per heavy atom. The van der Waals surface area contributed by atoms with E-state index in [4.69, 9.17) is 6.11 Å². The van der Waals surface area contributed by atoms with Gasteiger partial charge in [0.15, 0.2) is 0 Å². The van der Waals surface area contributed by atoms with Crippen LogP contribution < -0.4 is 4.74 Å². The van der Waals surface area contributed by atoms with Crippen LogP contribution >= 0.6 is 0 Å². The molecular formula is C11H16O. The second-order valence-electron chi connectivity index (χ2n) is 2.71. The van der Waals surface area contributed by atoms with Gasteiger partial charge in [0.2, 0.25) is 0 Å². The molecule has 0 amide bonds. The lowest BCUT2D eigenvalue weighted by atomic mass is 10.2. The molecule has 0 saturated heterocycles. The van der Waals surface area contributed by atoms with Crippen molar-refractivity contribution in [2.75, 3.05) is 0 Å². The van der Waals surface area contributed by atoms with E-state index in [1.807, 2.05) is 44.2 Å². The molecule has 0 N–H and O–H groups in total. The van der Waals surface area contributed by atoms with E-state index in [2.05, 4.69) is 0 Å². The van der Waals surface area contributed by atoms with Gasteiger partial charge in [-0.25, -0.2) is 0 Å². The number of rotatable bonds is 4. The first-order chi connectivity index (χ1) is 6.24. The van der Waals surface area contributed by atoms with Crippen LogP contribution in [-0.2, 0) is 0 Å². The maximum absolute atomic E-state index is 7.56. The molecule has 0 spiro atoms. The van der Waals surface area contributed by atoms with Crippen molar-refractivity contribution in [1.29, 1.82) is 0 Å². The normalized spacial score (nSPS) is 16.3. The zero-order valence-electron chi connectivity index (χ0n) is 8.66. The van der Waals surface area contributed by atoms with Crippen molar-refractivity contribution in [2.45, 2.75) is 32.8 Å². The van der Waals surface area contributed by atoms with Gasteiger partial charge < -0.3 is 4.74 Å². The summed E-state index contributed by atoms with van der Waals surface area (Å²) in [5.74, 6) is 0.855. The number of ether oxygens (including phenoxy) is 1. The number of hydrogen-bond donors (Lipinski definition) is 0. The summed E-state index contributed by atoms with van der Waals surface area (Å²) < 4.78 is 13.2. The molecule has 0 aromatic heterocycles. The molecule has 1 nitrogen and oxygen atoms in total. The number of benzene rings is 1. The first-order valence-corrected chi connectivity index (χ1v) is 4.38. The molecule has 1 rings (SSSR count). The van der Waals surface area contributed by atoms with Crippen LogP contribution in [-0.4, -0.2) is 6.10 Å². The molecular weight excluding hydrogens is 148 g/mol. The van der Waals surface area contributed by atoms with Gasteiger partial charge in [0.25, 0.3) is 0 Å². The largest absolute Gasteiger partial charge is 0.490 e. The van der Waals surface area contributed by atoms with E-state index < -0.39 is 0 Å². The van der Waals surface area contributed by atoms with Gasteiger partial charge in [0, 0.05) is 1.37 Å². The summed E-state index contributed by atoms with van der Waals surface area (Å²) in [4.78, 5) is 0. The summed E-state index contributed by atoms with van der Waals surface area (Å²) in [6.45, 7) is 3.90. The van der Waals surface area contributed by atoms with Crippen LogP contribution in [0.1, 0.15) is 28.0 Å². The topological polar surface area (TPSA) is 9.23 Å². The van der Waals surface area contributed by atoms with E-state index in [1.54, 1.807) is 0 Å². The lowest BCUT2D eigenvalue weighted by molar-refractivity contribution is 0.193. The van der Waals surface area contributed by atoms with Gasteiger partial charge in [-0.05, 0) is 25.0 Å². The van der Waals surface area contributed by atoms with E-state index in [0.29, 0.717) is 0 Å². The summed E-state index contributed by atoms with van der Waals surface area (Å²) in [6.07, 6.45) is 0.701. The Kier molecular flexibility index (Phi) is 3.07. The summed E-state index contributed by atoms with van der Waals surface area (Å²) >= 11 is 0. The monoisotopic (exact) mass is 165 g/mol. The summed E-state index contributed by atoms with van der Waals surface area (Å²) in [5, 5.41) is 0. The van der Waals surface area contributed by atoms with Crippen molar-refractivity contribution in [1.82, 2.24) is 0 Å². The van der Waals surface area contributed by atoms with Crippen molar-refractivity contribution in [3.63, 3.8) is 0 Å². The summed E-state index contributed by atoms with van der Waals surface area (Å²) in [7, 11) is 0. The van der Waals surface area contributed by atoms with Crippen LogP contribution in [0.4, 0.5) is 0 Å². The standard InChI is InChI=1S/C11H16O/c1-3-10(4-2)12-11-8-6-5-7-9-11/h5-10H,3-4H2,1-2H3/i3D/t3-,10+/m1/s1. The highest BCUT2D eigenvalue weighted by Crippen LogP contribution is 2.13. The number of hydrogen-bond acceptors (Lipinski definition) is 1. The van der Waals surface area contributed by atoms with E-state index in [1.165, 1.54) is 0 Å². The second-order valence-corrected chi connectivity index (χ2v) is 2.71. The molecule has 1 heteroatoms. The van der Waals surface area contributed by atoms with Crippen molar-refractivity contribution < 1.29 is 6.11 Å². The molecule has 0 saturated carbocycles. The van der Waals surface area contributed by atoms with Crippen molar-refractivity contribution in [3.8, 4) is 5.75 Å². The van der Waals surface area contributed by atoms with E-state index in [0.717, 1.165) is 12.2 Å². The third-order valence-electron chi connectivity index (χ3n) is 1.80. The lowest BCUT2D eigenvalue weighted by Crippen LogP contribution is -2.13. The van der Waals surface area contributed by atoms with Gasteiger partial charge in [-0.2, -0.15) is 0 Å². The van der Waals surface area contributed by atoms with Gasteiger partial charge in [0.05, 0.1) is 6.10 Å². The van der Waals surface area contributed by atoms with Gasteiger partial charge in [-0.15, -0.1) is 0 Å². The maximum atomic E-state index is 7.56. The zero-order chi connectivity index (χ0) is 9.68. The Bertz CT molecular complexity index is 233. The van der Waals surface area contributed by atoms with Gasteiger partial charge in [-0.3, -0.25) is 0 Å². The van der Waals surface area contributed by atoms with Gasteiger partial charge >= 0.3 is 0 Å². The molecule has 0 fully saturated rings. The molecule has 12 heavy (non-hydrogen) atoms. The number of para-hydroxylation sites is 1. The Hall–Kier alpha value is -0.980. The molecule has 0 heterocycles. The van der Waals surface area contributed by atoms with Crippen molar-refractivity contribution >= 4 is 0 Å². The van der Waals surface area contributed by atoms with Crippen molar-refractivity contribution in [3.05, 3.63) is 30.3 Å². The van der Waals surface area contributed by atoms with E-state index in [-0.39, 0.29) is 12.5 Å². The molecule has 0 unspecified atom stereocenters. The highest BCUT2D eigenvalue weighted by molar-refractivity contribution is 5.21. The minimum absolute atomic E-state index is 0.00222. The first-order valence-electron chi connectivity index (χ1n) is 4.95. The van der Waals surface area contributed by atoms with Crippen LogP contribution in [0.25, 0.3) is 0 Å². The van der Waals surface area contributed by atoms with Gasteiger partial charge in [0.1, 0.15) is 5.75 Å². The third-order valence-corrected chi connectivity index (χ3v) is 1.80. The second kappa shape index (κ2) is 4.81.